The summed E-state index contributed by atoms with van der Waals surface area (Å²) in [5.41, 5.74) is 0.832. The van der Waals surface area contributed by atoms with Crippen LogP contribution >= 0.6 is 11.8 Å². The molecule has 0 aliphatic carbocycles. The van der Waals surface area contributed by atoms with E-state index in [0.29, 0.717) is 5.88 Å². The normalized spacial score (nSPS) is 9.80. The number of methoxy groups -OCH3 is 1. The van der Waals surface area contributed by atoms with Crippen LogP contribution in [0, 0.1) is 0 Å². The van der Waals surface area contributed by atoms with Gasteiger partial charge in [-0.3, -0.25) is 10.1 Å². The molecule has 0 fully saturated rings. The van der Waals surface area contributed by atoms with Crippen LogP contribution in [-0.2, 0) is 10.5 Å². The molecule has 1 aromatic heterocycles. The smallest absolute Gasteiger partial charge is 0.232 e. The number of rotatable bonds is 4. The Morgan fingerprint density at radius 1 is 1.60 bits per heavy atom. The van der Waals surface area contributed by atoms with Crippen molar-refractivity contribution in [3.63, 3.8) is 0 Å². The largest absolute Gasteiger partial charge is 0.481 e. The van der Waals surface area contributed by atoms with Gasteiger partial charge in [0.2, 0.25) is 17.7 Å². The first-order chi connectivity index (χ1) is 7.15. The summed E-state index contributed by atoms with van der Waals surface area (Å²) < 4.78 is 5.01. The Morgan fingerprint density at radius 2 is 2.33 bits per heavy atom. The molecule has 0 aliphatic heterocycles. The average Bonchev–Trinajstić information content (AvgIpc) is 2.16. The second kappa shape index (κ2) is 5.55. The molecule has 0 radical (unpaired) electrons. The number of hydrogen-bond acceptors (Lipinski definition) is 5. The lowest BCUT2D eigenvalue weighted by Gasteiger charge is -2.06. The predicted octanol–water partition coefficient (Wildman–Crippen LogP) is 1.31. The Balaban J connectivity index is 2.94. The highest BCUT2D eigenvalue weighted by Crippen LogP contribution is 2.15. The fourth-order valence-corrected chi connectivity index (χ4v) is 1.46. The zero-order valence-electron chi connectivity index (χ0n) is 8.90. The molecule has 0 unspecified atom stereocenters. The molecule has 1 aromatic rings. The minimum Gasteiger partial charge on any atom is -0.481 e. The number of carbonyl (C=O) groups is 1. The van der Waals surface area contributed by atoms with Crippen LogP contribution in [0.25, 0.3) is 0 Å². The Labute approximate surface area is 92.6 Å². The first kappa shape index (κ1) is 11.8. The Bertz CT molecular complexity index is 357. The van der Waals surface area contributed by atoms with E-state index in [1.807, 2.05) is 6.26 Å². The van der Waals surface area contributed by atoms with E-state index >= 15 is 0 Å². The molecule has 82 valence electrons. The third-order valence-corrected chi connectivity index (χ3v) is 2.13. The molecule has 0 aliphatic rings. The van der Waals surface area contributed by atoms with E-state index in [1.165, 1.54) is 14.0 Å². The zero-order valence-corrected chi connectivity index (χ0v) is 9.72. The van der Waals surface area contributed by atoms with Crippen LogP contribution in [0.2, 0.25) is 0 Å². The molecule has 0 atom stereocenters. The van der Waals surface area contributed by atoms with Crippen molar-refractivity contribution in [3.05, 3.63) is 11.8 Å². The third-order valence-electron chi connectivity index (χ3n) is 1.54. The van der Waals surface area contributed by atoms with Crippen LogP contribution in [0.15, 0.2) is 6.07 Å². The summed E-state index contributed by atoms with van der Waals surface area (Å²) in [4.78, 5) is 19.0. The molecule has 6 heteroatoms. The van der Waals surface area contributed by atoms with Crippen molar-refractivity contribution >= 4 is 23.6 Å². The highest BCUT2D eigenvalue weighted by Gasteiger charge is 2.05. The minimum atomic E-state index is -0.196. The predicted molar refractivity (Wildman–Crippen MR) is 60.1 cm³/mol. The fraction of sp³-hybridized carbons (Fsp3) is 0.444. The van der Waals surface area contributed by atoms with Crippen molar-refractivity contribution < 1.29 is 9.53 Å². The minimum absolute atomic E-state index is 0.196. The lowest BCUT2D eigenvalue weighted by atomic mass is 10.4. The van der Waals surface area contributed by atoms with Gasteiger partial charge in [0.15, 0.2) is 0 Å². The molecule has 15 heavy (non-hydrogen) atoms. The van der Waals surface area contributed by atoms with Gasteiger partial charge in [0.25, 0.3) is 0 Å². The van der Waals surface area contributed by atoms with Crippen LogP contribution in [0.3, 0.4) is 0 Å². The number of nitrogens with one attached hydrogen (secondary N) is 1. The molecule has 1 N–H and O–H groups in total. The summed E-state index contributed by atoms with van der Waals surface area (Å²) in [5, 5.41) is 2.53. The Hall–Kier alpha value is -1.30. The third kappa shape index (κ3) is 3.75. The standard InChI is InChI=1S/C9H13N3O2S/c1-6(13)10-9-11-7(5-15-3)4-8(12-9)14-2/h4H,5H2,1-3H3,(H,10,11,12,13). The van der Waals surface area contributed by atoms with Crippen molar-refractivity contribution in [2.75, 3.05) is 18.7 Å². The number of ether oxygens (including phenoxy) is 1. The van der Waals surface area contributed by atoms with Crippen LogP contribution in [0.4, 0.5) is 5.95 Å². The number of carbonyl (C=O) groups excluding carboxylic acids is 1. The van der Waals surface area contributed by atoms with Gasteiger partial charge in [0.05, 0.1) is 12.8 Å². The summed E-state index contributed by atoms with van der Waals surface area (Å²) in [6.07, 6.45) is 1.98. The summed E-state index contributed by atoms with van der Waals surface area (Å²) in [6.45, 7) is 1.41. The van der Waals surface area contributed by atoms with Crippen molar-refractivity contribution in [2.24, 2.45) is 0 Å². The number of hydrogen-bond donors (Lipinski definition) is 1. The lowest BCUT2D eigenvalue weighted by Crippen LogP contribution is -2.10. The summed E-state index contributed by atoms with van der Waals surface area (Å²) in [7, 11) is 1.53. The monoisotopic (exact) mass is 227 g/mol. The molecule has 0 bridgehead atoms. The van der Waals surface area contributed by atoms with Crippen LogP contribution in [-0.4, -0.2) is 29.2 Å². The molecule has 0 spiro atoms. The molecule has 1 amide bonds. The van der Waals surface area contributed by atoms with Gasteiger partial charge >= 0.3 is 0 Å². The molecule has 0 saturated carbocycles. The van der Waals surface area contributed by atoms with Gasteiger partial charge in [-0.25, -0.2) is 4.98 Å². The Morgan fingerprint density at radius 3 is 2.87 bits per heavy atom. The van der Waals surface area contributed by atoms with Gasteiger partial charge in [0.1, 0.15) is 0 Å². The molecule has 5 nitrogen and oxygen atoms in total. The number of anilines is 1. The summed E-state index contributed by atoms with van der Waals surface area (Å²) in [5.74, 6) is 1.30. The van der Waals surface area contributed by atoms with Gasteiger partial charge in [0, 0.05) is 18.7 Å². The van der Waals surface area contributed by atoms with E-state index in [9.17, 15) is 4.79 Å². The molecular weight excluding hydrogens is 214 g/mol. The molecule has 1 rings (SSSR count). The zero-order chi connectivity index (χ0) is 11.3. The lowest BCUT2D eigenvalue weighted by molar-refractivity contribution is -0.114. The number of aromatic nitrogens is 2. The highest BCUT2D eigenvalue weighted by atomic mass is 32.2. The van der Waals surface area contributed by atoms with Gasteiger partial charge in [-0.1, -0.05) is 0 Å². The highest BCUT2D eigenvalue weighted by molar-refractivity contribution is 7.97. The second-order valence-corrected chi connectivity index (χ2v) is 3.71. The molecule has 1 heterocycles. The van der Waals surface area contributed by atoms with E-state index in [4.69, 9.17) is 4.74 Å². The second-order valence-electron chi connectivity index (χ2n) is 2.84. The van der Waals surface area contributed by atoms with Gasteiger partial charge in [-0.05, 0) is 6.26 Å². The quantitative estimate of drug-likeness (QED) is 0.840. The summed E-state index contributed by atoms with van der Waals surface area (Å²) >= 11 is 1.64. The number of amides is 1. The van der Waals surface area contributed by atoms with E-state index in [0.717, 1.165) is 11.4 Å². The first-order valence-corrected chi connectivity index (χ1v) is 5.73. The molecule has 0 saturated heterocycles. The number of nitrogens with zero attached hydrogens (tertiary/aromatic N) is 2. The maximum Gasteiger partial charge on any atom is 0.232 e. The van der Waals surface area contributed by atoms with Crippen LogP contribution in [0.1, 0.15) is 12.6 Å². The van der Waals surface area contributed by atoms with Gasteiger partial charge in [-0.15, -0.1) is 0 Å². The van der Waals surface area contributed by atoms with E-state index in [1.54, 1.807) is 17.8 Å². The maximum absolute atomic E-state index is 10.8. The van der Waals surface area contributed by atoms with E-state index in [-0.39, 0.29) is 11.9 Å². The van der Waals surface area contributed by atoms with Gasteiger partial charge in [-0.2, -0.15) is 16.7 Å². The average molecular weight is 227 g/mol. The van der Waals surface area contributed by atoms with Crippen molar-refractivity contribution in [3.8, 4) is 5.88 Å². The SMILES string of the molecule is COc1cc(CSC)nc(NC(C)=O)n1. The molecular formula is C9H13N3O2S. The number of thioether (sulfide) groups is 1. The first-order valence-electron chi connectivity index (χ1n) is 4.34. The van der Waals surface area contributed by atoms with E-state index in [2.05, 4.69) is 15.3 Å². The van der Waals surface area contributed by atoms with Crippen LogP contribution < -0.4 is 10.1 Å². The Kier molecular flexibility index (Phi) is 4.36. The maximum atomic E-state index is 10.8. The van der Waals surface area contributed by atoms with Gasteiger partial charge < -0.3 is 4.74 Å². The van der Waals surface area contributed by atoms with Crippen molar-refractivity contribution in [1.82, 2.24) is 9.97 Å². The molecule has 0 aromatic carbocycles. The van der Waals surface area contributed by atoms with E-state index < -0.39 is 0 Å². The summed E-state index contributed by atoms with van der Waals surface area (Å²) in [6, 6.07) is 1.75. The fourth-order valence-electron chi connectivity index (χ4n) is 1.01. The van der Waals surface area contributed by atoms with Crippen molar-refractivity contribution in [1.29, 1.82) is 0 Å². The van der Waals surface area contributed by atoms with Crippen molar-refractivity contribution in [2.45, 2.75) is 12.7 Å². The van der Waals surface area contributed by atoms with Crippen LogP contribution in [0.5, 0.6) is 5.88 Å². The topological polar surface area (TPSA) is 64.1 Å².